The summed E-state index contributed by atoms with van der Waals surface area (Å²) < 4.78 is 0. The average Bonchev–Trinajstić information content (AvgIpc) is 2.89. The van der Waals surface area contributed by atoms with Gasteiger partial charge in [-0.2, -0.15) is 0 Å². The van der Waals surface area contributed by atoms with Gasteiger partial charge < -0.3 is 10.2 Å². The lowest BCUT2D eigenvalue weighted by molar-refractivity contribution is -0.0807. The van der Waals surface area contributed by atoms with Crippen LogP contribution in [-0.4, -0.2) is 10.2 Å². The van der Waals surface area contributed by atoms with Crippen LogP contribution in [0.4, 0.5) is 0 Å². The molecule has 8 rings (SSSR count). The first-order valence-electron chi connectivity index (χ1n) is 13.7. The Hall–Kier alpha value is -3.52. The number of phenols is 2. The molecule has 4 aliphatic carbocycles. The molecule has 2 unspecified atom stereocenters. The van der Waals surface area contributed by atoms with Gasteiger partial charge in [0.15, 0.2) is 0 Å². The van der Waals surface area contributed by atoms with Crippen molar-refractivity contribution in [3.8, 4) is 33.8 Å². The highest BCUT2D eigenvalue weighted by Crippen LogP contribution is 2.70. The van der Waals surface area contributed by atoms with Gasteiger partial charge in [-0.3, -0.25) is 0 Å². The van der Waals surface area contributed by atoms with Gasteiger partial charge in [-0.05, 0) is 107 Å². The molecule has 0 aliphatic heterocycles. The maximum atomic E-state index is 10.8. The Morgan fingerprint density at radius 2 is 1.03 bits per heavy atom. The summed E-state index contributed by atoms with van der Waals surface area (Å²) in [5.41, 5.74) is 7.28. The lowest BCUT2D eigenvalue weighted by Crippen LogP contribution is -2.59. The zero-order valence-corrected chi connectivity index (χ0v) is 21.5. The maximum absolute atomic E-state index is 10.8. The van der Waals surface area contributed by atoms with E-state index in [0.29, 0.717) is 22.8 Å². The molecular formula is C35H34O2. The molecule has 4 aromatic rings. The fraction of sp³-hybridized carbons (Fsp3) is 0.314. The third kappa shape index (κ3) is 3.61. The van der Waals surface area contributed by atoms with Gasteiger partial charge in [-0.1, -0.05) is 79.7 Å². The van der Waals surface area contributed by atoms with Crippen molar-refractivity contribution in [1.29, 1.82) is 0 Å². The minimum atomic E-state index is 0.107. The van der Waals surface area contributed by atoms with Gasteiger partial charge in [-0.25, -0.2) is 0 Å². The second-order valence-electron chi connectivity index (χ2n) is 12.6. The molecule has 2 atom stereocenters. The van der Waals surface area contributed by atoms with Gasteiger partial charge in [0.2, 0.25) is 0 Å². The van der Waals surface area contributed by atoms with Gasteiger partial charge in [0.1, 0.15) is 11.5 Å². The van der Waals surface area contributed by atoms with E-state index in [4.69, 9.17) is 0 Å². The summed E-state index contributed by atoms with van der Waals surface area (Å²) in [6, 6.07) is 33.3. The van der Waals surface area contributed by atoms with Crippen LogP contribution < -0.4 is 0 Å². The third-order valence-corrected chi connectivity index (χ3v) is 9.73. The van der Waals surface area contributed by atoms with Gasteiger partial charge in [0.05, 0.1) is 0 Å². The third-order valence-electron chi connectivity index (χ3n) is 9.73. The van der Waals surface area contributed by atoms with E-state index < -0.39 is 0 Å². The molecule has 0 spiro atoms. The van der Waals surface area contributed by atoms with Gasteiger partial charge in [0, 0.05) is 11.1 Å². The van der Waals surface area contributed by atoms with Crippen molar-refractivity contribution in [2.75, 3.05) is 0 Å². The van der Waals surface area contributed by atoms with Crippen molar-refractivity contribution in [2.24, 2.45) is 11.3 Å². The van der Waals surface area contributed by atoms with E-state index >= 15 is 0 Å². The second kappa shape index (κ2) is 7.99. The van der Waals surface area contributed by atoms with Gasteiger partial charge in [0.25, 0.3) is 0 Å². The number of phenolic OH excluding ortho intramolecular Hbond substituents is 2. The van der Waals surface area contributed by atoms with Crippen molar-refractivity contribution in [3.63, 3.8) is 0 Å². The Balaban J connectivity index is 1.35. The van der Waals surface area contributed by atoms with E-state index in [1.165, 1.54) is 43.2 Å². The molecule has 2 N–H and O–H groups in total. The van der Waals surface area contributed by atoms with E-state index in [2.05, 4.69) is 55.5 Å². The van der Waals surface area contributed by atoms with Crippen molar-refractivity contribution in [1.82, 2.24) is 0 Å². The zero-order chi connectivity index (χ0) is 25.3. The Labute approximate surface area is 219 Å². The van der Waals surface area contributed by atoms with Crippen LogP contribution in [0.25, 0.3) is 22.3 Å². The summed E-state index contributed by atoms with van der Waals surface area (Å²) >= 11 is 0. The van der Waals surface area contributed by atoms with Crippen molar-refractivity contribution < 1.29 is 10.2 Å². The minimum Gasteiger partial charge on any atom is -0.507 e. The fourth-order valence-electron chi connectivity index (χ4n) is 8.99. The normalized spacial score (nSPS) is 29.9. The summed E-state index contributed by atoms with van der Waals surface area (Å²) in [5, 5.41) is 21.6. The van der Waals surface area contributed by atoms with E-state index in [1.54, 1.807) is 0 Å². The number of benzene rings is 4. The minimum absolute atomic E-state index is 0.107. The maximum Gasteiger partial charge on any atom is 0.123 e. The highest BCUT2D eigenvalue weighted by molar-refractivity contribution is 5.72. The average molecular weight is 487 g/mol. The van der Waals surface area contributed by atoms with Crippen molar-refractivity contribution in [2.45, 2.75) is 56.3 Å². The number of aromatic hydroxyl groups is 2. The largest absolute Gasteiger partial charge is 0.507 e. The molecule has 0 amide bonds. The molecule has 4 aromatic carbocycles. The SMILES string of the molecule is CC12CC3CC(c4ccc(O)c(-c5ccccc5)c4)(C1)CC(c1ccc(O)c(-c4ccccc4)c1)(C3)C2. The molecule has 0 heterocycles. The van der Waals surface area contributed by atoms with Crippen LogP contribution in [0.5, 0.6) is 11.5 Å². The van der Waals surface area contributed by atoms with Gasteiger partial charge >= 0.3 is 0 Å². The lowest BCUT2D eigenvalue weighted by Gasteiger charge is -2.66. The lowest BCUT2D eigenvalue weighted by atomic mass is 9.38. The number of hydrogen-bond acceptors (Lipinski definition) is 2. The Morgan fingerprint density at radius 1 is 0.568 bits per heavy atom. The first-order valence-corrected chi connectivity index (χ1v) is 13.7. The van der Waals surface area contributed by atoms with Crippen LogP contribution in [0.3, 0.4) is 0 Å². The molecule has 0 saturated heterocycles. The fourth-order valence-corrected chi connectivity index (χ4v) is 8.99. The second-order valence-corrected chi connectivity index (χ2v) is 12.6. The molecule has 2 heteroatoms. The van der Waals surface area contributed by atoms with Crippen LogP contribution in [0.2, 0.25) is 0 Å². The van der Waals surface area contributed by atoms with E-state index in [1.807, 2.05) is 48.5 Å². The summed E-state index contributed by atoms with van der Waals surface area (Å²) in [6.45, 7) is 2.51. The Kier molecular flexibility index (Phi) is 4.89. The smallest absolute Gasteiger partial charge is 0.123 e. The molecule has 0 radical (unpaired) electrons. The predicted octanol–water partition coefficient (Wildman–Crippen LogP) is 8.61. The highest BCUT2D eigenvalue weighted by Gasteiger charge is 2.62. The molecule has 2 nitrogen and oxygen atoms in total. The first-order chi connectivity index (χ1) is 17.9. The van der Waals surface area contributed by atoms with Gasteiger partial charge in [-0.15, -0.1) is 0 Å². The zero-order valence-electron chi connectivity index (χ0n) is 21.5. The summed E-state index contributed by atoms with van der Waals surface area (Å²) in [7, 11) is 0. The van der Waals surface area contributed by atoms with Crippen LogP contribution in [0.1, 0.15) is 56.6 Å². The van der Waals surface area contributed by atoms with Crippen molar-refractivity contribution in [3.05, 3.63) is 108 Å². The van der Waals surface area contributed by atoms with E-state index in [9.17, 15) is 10.2 Å². The number of rotatable bonds is 4. The standard InChI is InChI=1S/C35H34O2/c1-33-18-24-19-34(21-33,27-12-14-31(36)29(16-27)25-8-4-2-5-9-25)23-35(20-24,22-33)28-13-15-32(37)30(17-28)26-10-6-3-7-11-26/h2-17,24,36-37H,18-23H2,1H3. The highest BCUT2D eigenvalue weighted by atomic mass is 16.3. The topological polar surface area (TPSA) is 40.5 Å². The molecule has 0 aromatic heterocycles. The van der Waals surface area contributed by atoms with E-state index in [-0.39, 0.29) is 10.8 Å². The van der Waals surface area contributed by atoms with Crippen LogP contribution in [-0.2, 0) is 10.8 Å². The quantitative estimate of drug-likeness (QED) is 0.303. The summed E-state index contributed by atoms with van der Waals surface area (Å²) in [4.78, 5) is 0. The van der Waals surface area contributed by atoms with E-state index in [0.717, 1.165) is 28.7 Å². The predicted molar refractivity (Wildman–Crippen MR) is 150 cm³/mol. The molecule has 186 valence electrons. The van der Waals surface area contributed by atoms with Crippen LogP contribution in [0, 0.1) is 11.3 Å². The Bertz CT molecular complexity index is 1370. The van der Waals surface area contributed by atoms with Crippen LogP contribution in [0.15, 0.2) is 97.1 Å². The monoisotopic (exact) mass is 486 g/mol. The first kappa shape index (κ1) is 22.7. The molecular weight excluding hydrogens is 452 g/mol. The summed E-state index contributed by atoms with van der Waals surface area (Å²) in [6.07, 6.45) is 7.32. The van der Waals surface area contributed by atoms with Crippen LogP contribution >= 0.6 is 0 Å². The molecule has 4 fully saturated rings. The number of hydrogen-bond donors (Lipinski definition) is 2. The molecule has 37 heavy (non-hydrogen) atoms. The summed E-state index contributed by atoms with van der Waals surface area (Å²) in [5.74, 6) is 1.41. The molecule has 4 bridgehead atoms. The Morgan fingerprint density at radius 3 is 1.46 bits per heavy atom. The van der Waals surface area contributed by atoms with Crippen molar-refractivity contribution >= 4 is 0 Å². The molecule has 4 aliphatic rings. The molecule has 4 saturated carbocycles.